The minimum absolute atomic E-state index is 0.0175. The standard InChI is InChI=1S/C45H44O18/c1-18-36(52)38(54)39(55)45(59-18)63-43-35(33-27(50)14-24(48)15-29(33)60-41(43)20-6-10-23(47)11-7-20)34-28(51)17-26(49)25-16-32(40(62-42(25)34)19-4-8-22(46)9-5-19)61-44(56)21-12-30(57-2)37(53)31(13-21)58-3/h4-15,17-18,32,35-36,38-41,43,45-55H,16H2,1-3H3/t18-,32+,35-,36-,38+,39+,40+,41+,43-,45-/m0/s1. The fourth-order valence-corrected chi connectivity index (χ4v) is 8.31. The van der Waals surface area contributed by atoms with E-state index in [0.717, 1.165) is 12.1 Å². The van der Waals surface area contributed by atoms with Gasteiger partial charge in [0.05, 0.1) is 31.8 Å². The molecule has 332 valence electrons. The third kappa shape index (κ3) is 7.83. The maximum absolute atomic E-state index is 13.9. The van der Waals surface area contributed by atoms with Crippen LogP contribution in [-0.4, -0.2) is 114 Å². The number of aliphatic hydroxyl groups excluding tert-OH is 3. The fraction of sp³-hybridized carbons (Fsp3) is 0.311. The van der Waals surface area contributed by atoms with Crippen molar-refractivity contribution in [2.24, 2.45) is 0 Å². The number of carbonyl (C=O) groups excluding carboxylic acids is 1. The highest BCUT2D eigenvalue weighted by Gasteiger charge is 2.51. The second-order valence-corrected chi connectivity index (χ2v) is 15.4. The summed E-state index contributed by atoms with van der Waals surface area (Å²) in [6.07, 6.45) is -13.3. The summed E-state index contributed by atoms with van der Waals surface area (Å²) in [6.45, 7) is 1.45. The van der Waals surface area contributed by atoms with Gasteiger partial charge in [0.25, 0.3) is 0 Å². The number of ether oxygens (including phenoxy) is 7. The molecule has 18 heteroatoms. The Hall–Kier alpha value is -6.83. The highest BCUT2D eigenvalue weighted by Crippen LogP contribution is 2.58. The van der Waals surface area contributed by atoms with E-state index >= 15 is 0 Å². The zero-order valence-electron chi connectivity index (χ0n) is 33.7. The molecule has 0 aromatic heterocycles. The second kappa shape index (κ2) is 16.8. The van der Waals surface area contributed by atoms with Crippen LogP contribution in [0.5, 0.6) is 63.2 Å². The van der Waals surface area contributed by atoms with Gasteiger partial charge < -0.3 is 84.2 Å². The Kier molecular flexibility index (Phi) is 11.4. The van der Waals surface area contributed by atoms with E-state index < -0.39 is 90.0 Å². The molecule has 3 aliphatic rings. The van der Waals surface area contributed by atoms with Crippen molar-refractivity contribution in [2.45, 2.75) is 74.4 Å². The quantitative estimate of drug-likeness (QED) is 0.0936. The lowest BCUT2D eigenvalue weighted by Gasteiger charge is -2.46. The first kappa shape index (κ1) is 42.8. The molecular weight excluding hydrogens is 828 g/mol. The Morgan fingerprint density at radius 3 is 1.84 bits per heavy atom. The summed E-state index contributed by atoms with van der Waals surface area (Å²) in [5.74, 6) is -5.34. The first-order valence-corrected chi connectivity index (χ1v) is 19.6. The first-order chi connectivity index (χ1) is 30.1. The molecule has 1 fully saturated rings. The van der Waals surface area contributed by atoms with Gasteiger partial charge in [-0.25, -0.2) is 4.79 Å². The van der Waals surface area contributed by atoms with Gasteiger partial charge in [0.15, 0.2) is 30.0 Å². The Morgan fingerprint density at radius 2 is 1.24 bits per heavy atom. The molecule has 1 saturated heterocycles. The third-order valence-corrected chi connectivity index (χ3v) is 11.5. The molecule has 0 spiro atoms. The SMILES string of the molecule is COc1cc(C(=O)O[C@@H]2Cc3c(O)cc(O)c([C@@H]4c5c(O)cc(O)cc5O[C@H](c5ccc(O)cc5)[C@H]4O[C@@H]4O[C@@H](C)[C@H](O)[C@@H](O)[C@H]4O)c3O[C@@H]2c2ccc(O)cc2)cc(OC)c1O. The van der Waals surface area contributed by atoms with Crippen molar-refractivity contribution in [3.05, 3.63) is 112 Å². The van der Waals surface area contributed by atoms with E-state index in [0.29, 0.717) is 11.1 Å². The normalized spacial score (nSPS) is 26.3. The molecule has 0 aliphatic carbocycles. The number of carbonyl (C=O) groups is 1. The van der Waals surface area contributed by atoms with Gasteiger partial charge in [-0.05, 0) is 54.4 Å². The van der Waals surface area contributed by atoms with Crippen molar-refractivity contribution < 1.29 is 89.0 Å². The number of hydrogen-bond acceptors (Lipinski definition) is 18. The molecule has 10 atom stereocenters. The van der Waals surface area contributed by atoms with E-state index in [-0.39, 0.29) is 68.9 Å². The van der Waals surface area contributed by atoms with Gasteiger partial charge in [0.1, 0.15) is 76.5 Å². The van der Waals surface area contributed by atoms with Gasteiger partial charge in [-0.1, -0.05) is 24.3 Å². The Morgan fingerprint density at radius 1 is 0.651 bits per heavy atom. The number of aliphatic hydroxyl groups is 3. The van der Waals surface area contributed by atoms with Crippen molar-refractivity contribution >= 4 is 5.97 Å². The zero-order chi connectivity index (χ0) is 45.0. The first-order valence-electron chi connectivity index (χ1n) is 19.6. The number of esters is 1. The van der Waals surface area contributed by atoms with E-state index in [1.807, 2.05) is 0 Å². The van der Waals surface area contributed by atoms with Crippen LogP contribution in [0.4, 0.5) is 0 Å². The van der Waals surface area contributed by atoms with Crippen molar-refractivity contribution in [1.29, 1.82) is 0 Å². The maximum Gasteiger partial charge on any atom is 0.338 e. The number of phenols is 7. The average Bonchev–Trinajstić information content (AvgIpc) is 3.25. The van der Waals surface area contributed by atoms with Gasteiger partial charge >= 0.3 is 5.97 Å². The summed E-state index contributed by atoms with van der Waals surface area (Å²) in [4.78, 5) is 13.9. The van der Waals surface area contributed by atoms with Crippen LogP contribution >= 0.6 is 0 Å². The zero-order valence-corrected chi connectivity index (χ0v) is 33.7. The molecule has 0 bridgehead atoms. The molecule has 8 rings (SSSR count). The largest absolute Gasteiger partial charge is 0.508 e. The van der Waals surface area contributed by atoms with Gasteiger partial charge in [0, 0.05) is 41.3 Å². The number of aromatic hydroxyl groups is 7. The molecule has 3 aliphatic heterocycles. The molecular formula is C45H44O18. The van der Waals surface area contributed by atoms with Crippen LogP contribution in [0.15, 0.2) is 78.9 Å². The molecule has 5 aromatic carbocycles. The molecule has 0 unspecified atom stereocenters. The van der Waals surface area contributed by atoms with Crippen LogP contribution in [0.25, 0.3) is 0 Å². The van der Waals surface area contributed by atoms with E-state index in [4.69, 9.17) is 33.2 Å². The third-order valence-electron chi connectivity index (χ3n) is 11.5. The van der Waals surface area contributed by atoms with Crippen molar-refractivity contribution in [3.8, 4) is 63.2 Å². The summed E-state index contributed by atoms with van der Waals surface area (Å²) >= 11 is 0. The van der Waals surface area contributed by atoms with Crippen LogP contribution in [0.3, 0.4) is 0 Å². The van der Waals surface area contributed by atoms with E-state index in [2.05, 4.69) is 0 Å². The van der Waals surface area contributed by atoms with Crippen molar-refractivity contribution in [1.82, 2.24) is 0 Å². The smallest absolute Gasteiger partial charge is 0.338 e. The topological polar surface area (TPSA) is 284 Å². The van der Waals surface area contributed by atoms with Crippen LogP contribution in [0.1, 0.15) is 63.2 Å². The number of rotatable bonds is 9. The van der Waals surface area contributed by atoms with Gasteiger partial charge in [0.2, 0.25) is 5.75 Å². The lowest BCUT2D eigenvalue weighted by atomic mass is 9.77. The predicted molar refractivity (Wildman–Crippen MR) is 216 cm³/mol. The number of phenolic OH excluding ortho intramolecular Hbond substituents is 7. The molecule has 0 saturated carbocycles. The summed E-state index contributed by atoms with van der Waals surface area (Å²) in [5, 5.41) is 109. The van der Waals surface area contributed by atoms with Crippen molar-refractivity contribution in [2.75, 3.05) is 14.2 Å². The molecule has 0 radical (unpaired) electrons. The van der Waals surface area contributed by atoms with Crippen LogP contribution in [0, 0.1) is 0 Å². The van der Waals surface area contributed by atoms with Crippen LogP contribution in [0.2, 0.25) is 0 Å². The monoisotopic (exact) mass is 872 g/mol. The molecule has 0 amide bonds. The Balaban J connectivity index is 1.31. The second-order valence-electron chi connectivity index (χ2n) is 15.4. The molecule has 18 nitrogen and oxygen atoms in total. The van der Waals surface area contributed by atoms with Gasteiger partial charge in [-0.15, -0.1) is 0 Å². The highest BCUT2D eigenvalue weighted by molar-refractivity contribution is 5.91. The van der Waals surface area contributed by atoms with Crippen molar-refractivity contribution in [3.63, 3.8) is 0 Å². The Bertz CT molecular complexity index is 2480. The van der Waals surface area contributed by atoms with E-state index in [1.54, 1.807) is 0 Å². The number of hydrogen-bond donors (Lipinski definition) is 10. The highest BCUT2D eigenvalue weighted by atomic mass is 16.7. The van der Waals surface area contributed by atoms with Crippen LogP contribution < -0.4 is 18.9 Å². The average molecular weight is 873 g/mol. The summed E-state index contributed by atoms with van der Waals surface area (Å²) in [6, 6.07) is 17.2. The predicted octanol–water partition coefficient (Wildman–Crippen LogP) is 4.02. The number of benzene rings is 5. The number of fused-ring (bicyclic) bond motifs is 2. The molecule has 63 heavy (non-hydrogen) atoms. The van der Waals surface area contributed by atoms with E-state index in [1.165, 1.54) is 87.9 Å². The summed E-state index contributed by atoms with van der Waals surface area (Å²) < 4.78 is 42.1. The number of methoxy groups -OCH3 is 2. The fourth-order valence-electron chi connectivity index (χ4n) is 8.31. The summed E-state index contributed by atoms with van der Waals surface area (Å²) in [5.41, 5.74) is 0.458. The molecule has 5 aromatic rings. The lowest BCUT2D eigenvalue weighted by molar-refractivity contribution is -0.312. The maximum atomic E-state index is 13.9. The van der Waals surface area contributed by atoms with E-state index in [9.17, 15) is 55.9 Å². The summed E-state index contributed by atoms with van der Waals surface area (Å²) in [7, 11) is 2.57. The van der Waals surface area contributed by atoms with Gasteiger partial charge in [-0.3, -0.25) is 0 Å². The lowest BCUT2D eigenvalue weighted by Crippen LogP contribution is -2.58. The minimum atomic E-state index is -1.84. The molecule has 10 N–H and O–H groups in total. The molecule has 3 heterocycles. The minimum Gasteiger partial charge on any atom is -0.508 e. The Labute approximate surface area is 358 Å². The van der Waals surface area contributed by atoms with Crippen LogP contribution in [-0.2, 0) is 20.6 Å². The van der Waals surface area contributed by atoms with Gasteiger partial charge in [-0.2, -0.15) is 0 Å².